The van der Waals surface area contributed by atoms with Gasteiger partial charge in [-0.05, 0) is 54.8 Å². The summed E-state index contributed by atoms with van der Waals surface area (Å²) >= 11 is 0. The van der Waals surface area contributed by atoms with Gasteiger partial charge in [0.15, 0.2) is 5.96 Å². The van der Waals surface area contributed by atoms with Gasteiger partial charge >= 0.3 is 5.97 Å². The number of aromatic amines is 1. The summed E-state index contributed by atoms with van der Waals surface area (Å²) in [7, 11) is 1.36. The van der Waals surface area contributed by atoms with Crippen LogP contribution < -0.4 is 10.6 Å². The van der Waals surface area contributed by atoms with Crippen LogP contribution in [0.5, 0.6) is 0 Å². The van der Waals surface area contributed by atoms with Crippen molar-refractivity contribution >= 4 is 46.8 Å². The molecule has 0 unspecified atom stereocenters. The molecule has 0 atom stereocenters. The number of ether oxygens (including phenoxy) is 1. The van der Waals surface area contributed by atoms with Crippen molar-refractivity contribution < 1.29 is 13.9 Å². The van der Waals surface area contributed by atoms with Crippen LogP contribution in [0.25, 0.3) is 10.9 Å². The molecule has 1 aromatic heterocycles. The highest BCUT2D eigenvalue weighted by molar-refractivity contribution is 14.0. The van der Waals surface area contributed by atoms with Gasteiger partial charge in [0.1, 0.15) is 5.82 Å². The molecule has 1 heterocycles. The van der Waals surface area contributed by atoms with E-state index in [-0.39, 0.29) is 35.8 Å². The second-order valence-electron chi connectivity index (χ2n) is 6.56. The van der Waals surface area contributed by atoms with Crippen molar-refractivity contribution in [1.82, 2.24) is 15.6 Å². The van der Waals surface area contributed by atoms with Crippen LogP contribution in [0, 0.1) is 5.82 Å². The number of esters is 1. The van der Waals surface area contributed by atoms with Gasteiger partial charge in [0.2, 0.25) is 0 Å². The molecule has 0 spiro atoms. The molecule has 8 heteroatoms. The van der Waals surface area contributed by atoms with Crippen LogP contribution >= 0.6 is 24.0 Å². The number of H-pyrrole nitrogens is 1. The third kappa shape index (κ3) is 6.19. The Morgan fingerprint density at radius 2 is 1.93 bits per heavy atom. The van der Waals surface area contributed by atoms with Gasteiger partial charge in [-0.3, -0.25) is 0 Å². The molecular formula is C22H26FIN4O2. The van der Waals surface area contributed by atoms with Crippen LogP contribution in [-0.4, -0.2) is 37.1 Å². The number of nitrogens with one attached hydrogen (secondary N) is 3. The maximum absolute atomic E-state index is 13.5. The minimum absolute atomic E-state index is 0. The van der Waals surface area contributed by atoms with Gasteiger partial charge in [0.05, 0.1) is 19.2 Å². The Labute approximate surface area is 192 Å². The molecule has 3 N–H and O–H groups in total. The molecule has 6 nitrogen and oxygen atoms in total. The topological polar surface area (TPSA) is 78.5 Å². The first kappa shape index (κ1) is 23.7. The quantitative estimate of drug-likeness (QED) is 0.189. The van der Waals surface area contributed by atoms with Crippen molar-refractivity contribution in [2.24, 2.45) is 4.99 Å². The smallest absolute Gasteiger partial charge is 0.337 e. The number of halogens is 2. The van der Waals surface area contributed by atoms with Crippen LogP contribution in [0.2, 0.25) is 0 Å². The third-order valence-electron chi connectivity index (χ3n) is 4.56. The zero-order valence-corrected chi connectivity index (χ0v) is 19.3. The second-order valence-corrected chi connectivity index (χ2v) is 6.56. The fourth-order valence-electron chi connectivity index (χ4n) is 3.05. The fraction of sp³-hybridized carbons (Fsp3) is 0.273. The molecule has 160 valence electrons. The Morgan fingerprint density at radius 1 is 1.17 bits per heavy atom. The van der Waals surface area contributed by atoms with E-state index >= 15 is 0 Å². The molecule has 0 aliphatic carbocycles. The van der Waals surface area contributed by atoms with E-state index in [1.807, 2.05) is 25.3 Å². The molecule has 0 aliphatic rings. The first-order chi connectivity index (χ1) is 14.1. The minimum Gasteiger partial charge on any atom is -0.465 e. The normalized spacial score (nSPS) is 11.1. The first-order valence-corrected chi connectivity index (χ1v) is 9.55. The van der Waals surface area contributed by atoms with E-state index in [0.717, 1.165) is 35.0 Å². The van der Waals surface area contributed by atoms with Crippen LogP contribution in [-0.2, 0) is 17.7 Å². The standard InChI is InChI=1S/C22H25FN4O2.HI/c1-3-24-22(27-13-15-4-6-16(7-5-15)21(28)29-2)25-11-10-17-14-26-20-9-8-18(23)12-19(17)20;/h4-9,12,14,26H,3,10-11,13H2,1-2H3,(H2,24,25,27);1H. The molecule has 0 saturated heterocycles. The van der Waals surface area contributed by atoms with Crippen molar-refractivity contribution in [3.63, 3.8) is 0 Å². The van der Waals surface area contributed by atoms with Gasteiger partial charge in [-0.15, -0.1) is 24.0 Å². The number of guanidine groups is 1. The number of rotatable bonds is 7. The molecule has 2 aromatic carbocycles. The Balaban J connectivity index is 0.00000320. The number of methoxy groups -OCH3 is 1. The van der Waals surface area contributed by atoms with Crippen molar-refractivity contribution in [2.75, 3.05) is 20.2 Å². The average molecular weight is 524 g/mol. The zero-order chi connectivity index (χ0) is 20.6. The lowest BCUT2D eigenvalue weighted by Gasteiger charge is -2.11. The molecule has 0 bridgehead atoms. The van der Waals surface area contributed by atoms with Gasteiger partial charge in [-0.25, -0.2) is 14.2 Å². The predicted molar refractivity (Wildman–Crippen MR) is 128 cm³/mol. The number of hydrogen-bond donors (Lipinski definition) is 3. The first-order valence-electron chi connectivity index (χ1n) is 9.55. The lowest BCUT2D eigenvalue weighted by molar-refractivity contribution is 0.0600. The van der Waals surface area contributed by atoms with E-state index in [2.05, 4.69) is 20.6 Å². The highest BCUT2D eigenvalue weighted by atomic mass is 127. The molecule has 3 rings (SSSR count). The lowest BCUT2D eigenvalue weighted by Crippen LogP contribution is -2.38. The summed E-state index contributed by atoms with van der Waals surface area (Å²) in [6.07, 6.45) is 2.65. The Morgan fingerprint density at radius 3 is 2.63 bits per heavy atom. The molecule has 0 aliphatic heterocycles. The van der Waals surface area contributed by atoms with Crippen LogP contribution in [0.15, 0.2) is 53.7 Å². The summed E-state index contributed by atoms with van der Waals surface area (Å²) in [6.45, 7) is 3.89. The number of nitrogens with zero attached hydrogens (tertiary/aromatic N) is 1. The number of benzene rings is 2. The second kappa shape index (κ2) is 11.5. The van der Waals surface area contributed by atoms with E-state index < -0.39 is 0 Å². The molecule has 0 saturated carbocycles. The van der Waals surface area contributed by atoms with Crippen molar-refractivity contribution in [1.29, 1.82) is 0 Å². The summed E-state index contributed by atoms with van der Waals surface area (Å²) in [5.74, 6) is 0.113. The Hall–Kier alpha value is -2.62. The summed E-state index contributed by atoms with van der Waals surface area (Å²) in [5, 5.41) is 7.42. The zero-order valence-electron chi connectivity index (χ0n) is 17.0. The lowest BCUT2D eigenvalue weighted by atomic mass is 10.1. The monoisotopic (exact) mass is 524 g/mol. The van der Waals surface area contributed by atoms with Crippen molar-refractivity contribution in [3.05, 3.63) is 71.2 Å². The molecule has 0 amide bonds. The van der Waals surface area contributed by atoms with Gasteiger partial charge in [-0.2, -0.15) is 0 Å². The van der Waals surface area contributed by atoms with E-state index in [9.17, 15) is 9.18 Å². The highest BCUT2D eigenvalue weighted by Gasteiger charge is 2.06. The maximum Gasteiger partial charge on any atom is 0.337 e. The summed E-state index contributed by atoms with van der Waals surface area (Å²) in [6, 6.07) is 11.9. The minimum atomic E-state index is -0.354. The molecular weight excluding hydrogens is 498 g/mol. The van der Waals surface area contributed by atoms with Gasteiger partial charge in [0, 0.05) is 30.2 Å². The predicted octanol–water partition coefficient (Wildman–Crippen LogP) is 4.01. The number of carbonyl (C=O) groups is 1. The SMILES string of the molecule is CCNC(=NCc1ccc(C(=O)OC)cc1)NCCc1c[nH]c2ccc(F)cc12.I. The van der Waals surface area contributed by atoms with E-state index in [4.69, 9.17) is 4.74 Å². The number of fused-ring (bicyclic) bond motifs is 1. The third-order valence-corrected chi connectivity index (χ3v) is 4.56. The maximum atomic E-state index is 13.5. The number of hydrogen-bond acceptors (Lipinski definition) is 3. The molecule has 30 heavy (non-hydrogen) atoms. The van der Waals surface area contributed by atoms with Gasteiger partial charge in [0.25, 0.3) is 0 Å². The van der Waals surface area contributed by atoms with Crippen molar-refractivity contribution in [2.45, 2.75) is 19.9 Å². The summed E-state index contributed by atoms with van der Waals surface area (Å²) < 4.78 is 18.2. The molecule has 0 radical (unpaired) electrons. The number of aliphatic imine (C=N–C) groups is 1. The largest absolute Gasteiger partial charge is 0.465 e. The van der Waals surface area contributed by atoms with Crippen molar-refractivity contribution in [3.8, 4) is 0 Å². The van der Waals surface area contributed by atoms with Crippen LogP contribution in [0.1, 0.15) is 28.4 Å². The van der Waals surface area contributed by atoms with E-state index in [1.54, 1.807) is 24.3 Å². The highest BCUT2D eigenvalue weighted by Crippen LogP contribution is 2.19. The van der Waals surface area contributed by atoms with Crippen LogP contribution in [0.3, 0.4) is 0 Å². The Bertz CT molecular complexity index is 1000. The fourth-order valence-corrected chi connectivity index (χ4v) is 3.05. The molecule has 0 fully saturated rings. The Kier molecular flexibility index (Phi) is 9.10. The van der Waals surface area contributed by atoms with Crippen LogP contribution in [0.4, 0.5) is 4.39 Å². The summed E-state index contributed by atoms with van der Waals surface area (Å²) in [4.78, 5) is 19.3. The average Bonchev–Trinajstić information content (AvgIpc) is 3.14. The van der Waals surface area contributed by atoms with E-state index in [0.29, 0.717) is 24.6 Å². The number of carbonyl (C=O) groups excluding carboxylic acids is 1. The van der Waals surface area contributed by atoms with E-state index in [1.165, 1.54) is 13.2 Å². The van der Waals surface area contributed by atoms with Gasteiger partial charge < -0.3 is 20.4 Å². The number of aromatic nitrogens is 1. The molecule has 3 aromatic rings. The van der Waals surface area contributed by atoms with Gasteiger partial charge in [-0.1, -0.05) is 12.1 Å². The summed E-state index contributed by atoms with van der Waals surface area (Å²) in [5.41, 5.74) is 3.49.